The van der Waals surface area contributed by atoms with E-state index in [1.165, 1.54) is 17.8 Å². The van der Waals surface area contributed by atoms with Gasteiger partial charge in [0.2, 0.25) is 0 Å². The van der Waals surface area contributed by atoms with E-state index in [1.807, 2.05) is 13.8 Å². The molecule has 106 valence electrons. The quantitative estimate of drug-likeness (QED) is 0.675. The number of thioether (sulfide) groups is 1. The van der Waals surface area contributed by atoms with E-state index in [9.17, 15) is 9.90 Å². The second-order valence-electron chi connectivity index (χ2n) is 4.89. The Morgan fingerprint density at radius 2 is 2.20 bits per heavy atom. The first-order chi connectivity index (χ1) is 9.38. The normalized spacial score (nSPS) is 17.6. The minimum atomic E-state index is -0.118. The molecule has 1 aliphatic heterocycles. The van der Waals surface area contributed by atoms with Gasteiger partial charge in [-0.3, -0.25) is 9.69 Å². The number of halogens is 1. The van der Waals surface area contributed by atoms with Crippen LogP contribution in [-0.4, -0.2) is 26.8 Å². The smallest absolute Gasteiger partial charge is 0.266 e. The van der Waals surface area contributed by atoms with Crippen LogP contribution in [0.4, 0.5) is 0 Å². The summed E-state index contributed by atoms with van der Waals surface area (Å²) in [6, 6.07) is 4.72. The monoisotopic (exact) mass is 327 g/mol. The molecule has 0 saturated carbocycles. The molecule has 6 heteroatoms. The van der Waals surface area contributed by atoms with Gasteiger partial charge in [-0.05, 0) is 30.2 Å². The Bertz CT molecular complexity index is 599. The lowest BCUT2D eigenvalue weighted by Gasteiger charge is -2.16. The number of phenolic OH excluding ortho intramolecular Hbond substituents is 1. The molecule has 0 bridgehead atoms. The molecule has 20 heavy (non-hydrogen) atoms. The van der Waals surface area contributed by atoms with Crippen molar-refractivity contribution in [2.75, 3.05) is 6.54 Å². The fourth-order valence-corrected chi connectivity index (χ4v) is 3.25. The first-order valence-corrected chi connectivity index (χ1v) is 7.72. The van der Waals surface area contributed by atoms with Gasteiger partial charge >= 0.3 is 0 Å². The van der Waals surface area contributed by atoms with Crippen LogP contribution < -0.4 is 0 Å². The third-order valence-electron chi connectivity index (χ3n) is 2.70. The second kappa shape index (κ2) is 6.16. The summed E-state index contributed by atoms with van der Waals surface area (Å²) >= 11 is 12.4. The van der Waals surface area contributed by atoms with Gasteiger partial charge in [-0.25, -0.2) is 0 Å². The highest BCUT2D eigenvalue weighted by atomic mass is 35.5. The van der Waals surface area contributed by atoms with Gasteiger partial charge in [-0.1, -0.05) is 49.4 Å². The molecular formula is C14H14ClNO2S2. The van der Waals surface area contributed by atoms with Crippen molar-refractivity contribution in [1.29, 1.82) is 0 Å². The number of benzene rings is 1. The highest BCUT2D eigenvalue weighted by molar-refractivity contribution is 8.26. The topological polar surface area (TPSA) is 40.5 Å². The van der Waals surface area contributed by atoms with E-state index in [1.54, 1.807) is 23.1 Å². The lowest BCUT2D eigenvalue weighted by molar-refractivity contribution is -0.122. The van der Waals surface area contributed by atoms with E-state index >= 15 is 0 Å². The molecule has 1 aromatic carbocycles. The van der Waals surface area contributed by atoms with Crippen molar-refractivity contribution in [3.05, 3.63) is 33.7 Å². The molecule has 3 nitrogen and oxygen atoms in total. The van der Waals surface area contributed by atoms with Crippen molar-refractivity contribution in [2.24, 2.45) is 5.92 Å². The Morgan fingerprint density at radius 3 is 2.85 bits per heavy atom. The summed E-state index contributed by atoms with van der Waals surface area (Å²) in [5, 5.41) is 10.3. The summed E-state index contributed by atoms with van der Waals surface area (Å²) in [5.41, 5.74) is 0.516. The average Bonchev–Trinajstić information content (AvgIpc) is 2.61. The molecule has 0 aromatic heterocycles. The number of amides is 1. The Labute approximate surface area is 132 Å². The maximum absolute atomic E-state index is 12.3. The Balaban J connectivity index is 2.30. The number of rotatable bonds is 3. The van der Waals surface area contributed by atoms with Crippen LogP contribution in [0.25, 0.3) is 6.08 Å². The molecule has 0 radical (unpaired) electrons. The molecule has 0 spiro atoms. The molecule has 1 saturated heterocycles. The predicted octanol–water partition coefficient (Wildman–Crippen LogP) is 3.90. The van der Waals surface area contributed by atoms with Gasteiger partial charge in [-0.15, -0.1) is 0 Å². The van der Waals surface area contributed by atoms with Crippen LogP contribution in [0.1, 0.15) is 19.4 Å². The van der Waals surface area contributed by atoms with E-state index in [0.29, 0.717) is 32.3 Å². The summed E-state index contributed by atoms with van der Waals surface area (Å²) in [6.45, 7) is 4.67. The summed E-state index contributed by atoms with van der Waals surface area (Å²) in [5.74, 6) is 0.313. The molecular weight excluding hydrogens is 314 g/mol. The molecule has 1 amide bonds. The third kappa shape index (κ3) is 3.34. The zero-order chi connectivity index (χ0) is 14.9. The van der Waals surface area contributed by atoms with Crippen molar-refractivity contribution in [3.63, 3.8) is 0 Å². The van der Waals surface area contributed by atoms with Crippen LogP contribution >= 0.6 is 35.6 Å². The lowest BCUT2D eigenvalue weighted by Crippen LogP contribution is -2.31. The van der Waals surface area contributed by atoms with Crippen LogP contribution in [0.5, 0.6) is 5.75 Å². The molecule has 1 fully saturated rings. The van der Waals surface area contributed by atoms with Crippen LogP contribution in [0.3, 0.4) is 0 Å². The highest BCUT2D eigenvalue weighted by Gasteiger charge is 2.32. The van der Waals surface area contributed by atoms with E-state index in [0.717, 1.165) is 0 Å². The Morgan fingerprint density at radius 1 is 1.50 bits per heavy atom. The number of aromatic hydroxyl groups is 1. The summed E-state index contributed by atoms with van der Waals surface area (Å²) in [4.78, 5) is 14.4. The molecule has 1 aromatic rings. The van der Waals surface area contributed by atoms with Crippen molar-refractivity contribution < 1.29 is 9.90 Å². The molecule has 1 aliphatic rings. The Hall–Kier alpha value is -1.04. The number of carbonyl (C=O) groups excluding carboxylic acids is 1. The Kier molecular flexibility index (Phi) is 4.73. The standard InChI is InChI=1S/C14H14ClNO2S2/c1-8(2)7-16-13(18)12(20-14(16)19)6-9-5-10(15)3-4-11(9)17/h3-6,8,17H,7H2,1-2H3/b12-6-. The SMILES string of the molecule is CC(C)CN1C(=O)/C(=C/c2cc(Cl)ccc2O)SC1=S. The zero-order valence-electron chi connectivity index (χ0n) is 11.1. The summed E-state index contributed by atoms with van der Waals surface area (Å²) in [6.07, 6.45) is 1.63. The number of hydrogen-bond acceptors (Lipinski definition) is 4. The van der Waals surface area contributed by atoms with E-state index in [2.05, 4.69) is 0 Å². The number of nitrogens with zero attached hydrogens (tertiary/aromatic N) is 1. The minimum Gasteiger partial charge on any atom is -0.507 e. The largest absolute Gasteiger partial charge is 0.507 e. The van der Waals surface area contributed by atoms with Gasteiger partial charge in [0.05, 0.1) is 4.91 Å². The fourth-order valence-electron chi connectivity index (χ4n) is 1.80. The van der Waals surface area contributed by atoms with Gasteiger partial charge in [0.25, 0.3) is 5.91 Å². The van der Waals surface area contributed by atoms with Gasteiger partial charge in [0, 0.05) is 17.1 Å². The van der Waals surface area contributed by atoms with Crippen molar-refractivity contribution >= 4 is 51.9 Å². The highest BCUT2D eigenvalue weighted by Crippen LogP contribution is 2.35. The molecule has 0 aliphatic carbocycles. The third-order valence-corrected chi connectivity index (χ3v) is 4.31. The number of phenols is 1. The van der Waals surface area contributed by atoms with Crippen LogP contribution in [-0.2, 0) is 4.79 Å². The average molecular weight is 328 g/mol. The van der Waals surface area contributed by atoms with Gasteiger partial charge < -0.3 is 5.11 Å². The minimum absolute atomic E-state index is 0.0866. The molecule has 1 heterocycles. The first kappa shape index (κ1) is 15.4. The predicted molar refractivity (Wildman–Crippen MR) is 87.8 cm³/mol. The summed E-state index contributed by atoms with van der Waals surface area (Å²) < 4.78 is 0.552. The second-order valence-corrected chi connectivity index (χ2v) is 7.00. The van der Waals surface area contributed by atoms with Gasteiger partial charge in [0.1, 0.15) is 10.1 Å². The van der Waals surface area contributed by atoms with E-state index in [4.69, 9.17) is 23.8 Å². The first-order valence-electron chi connectivity index (χ1n) is 6.12. The number of carbonyl (C=O) groups is 1. The van der Waals surface area contributed by atoms with Gasteiger partial charge in [-0.2, -0.15) is 0 Å². The van der Waals surface area contributed by atoms with E-state index in [-0.39, 0.29) is 11.7 Å². The van der Waals surface area contributed by atoms with Crippen molar-refractivity contribution in [1.82, 2.24) is 4.90 Å². The fraction of sp³-hybridized carbons (Fsp3) is 0.286. The molecule has 2 rings (SSSR count). The maximum atomic E-state index is 12.3. The molecule has 1 N–H and O–H groups in total. The molecule has 0 atom stereocenters. The van der Waals surface area contributed by atoms with Crippen molar-refractivity contribution in [2.45, 2.75) is 13.8 Å². The number of hydrogen-bond donors (Lipinski definition) is 1. The summed E-state index contributed by atoms with van der Waals surface area (Å²) in [7, 11) is 0. The maximum Gasteiger partial charge on any atom is 0.266 e. The van der Waals surface area contributed by atoms with Gasteiger partial charge in [0.15, 0.2) is 0 Å². The van der Waals surface area contributed by atoms with Crippen LogP contribution in [0.2, 0.25) is 5.02 Å². The van der Waals surface area contributed by atoms with Crippen LogP contribution in [0, 0.1) is 5.92 Å². The lowest BCUT2D eigenvalue weighted by atomic mass is 10.1. The van der Waals surface area contributed by atoms with Crippen LogP contribution in [0.15, 0.2) is 23.1 Å². The van der Waals surface area contributed by atoms with Crippen molar-refractivity contribution in [3.8, 4) is 5.75 Å². The number of thiocarbonyl (C=S) groups is 1. The van der Waals surface area contributed by atoms with E-state index < -0.39 is 0 Å². The molecule has 0 unspecified atom stereocenters. The zero-order valence-corrected chi connectivity index (χ0v) is 13.5.